The van der Waals surface area contributed by atoms with Crippen LogP contribution in [-0.4, -0.2) is 20.2 Å². The van der Waals surface area contributed by atoms with E-state index in [0.717, 1.165) is 30.1 Å². The van der Waals surface area contributed by atoms with Gasteiger partial charge in [0.1, 0.15) is 0 Å². The third-order valence-electron chi connectivity index (χ3n) is 4.08. The average Bonchev–Trinajstić information content (AvgIpc) is 2.88. The molecule has 1 saturated carbocycles. The molecule has 0 spiro atoms. The molecule has 0 atom stereocenters. The summed E-state index contributed by atoms with van der Waals surface area (Å²) in [5.41, 5.74) is 7.49. The standard InChI is InChI=1S/C14H18ClN5/c1-9-2-5-11(6-3-9)20-14(17-18-19-20)12-7-4-10(15)8-13(12)16/h4,7-9,11H,2-3,5-6,16H2,1H3. The monoisotopic (exact) mass is 291 g/mol. The zero-order valence-electron chi connectivity index (χ0n) is 11.5. The lowest BCUT2D eigenvalue weighted by Crippen LogP contribution is -2.19. The number of rotatable bonds is 2. The first-order valence-corrected chi connectivity index (χ1v) is 7.36. The minimum atomic E-state index is 0.367. The molecule has 6 heteroatoms. The summed E-state index contributed by atoms with van der Waals surface area (Å²) in [5.74, 6) is 1.53. The molecule has 3 rings (SSSR count). The number of hydrogen-bond acceptors (Lipinski definition) is 4. The van der Waals surface area contributed by atoms with Crippen LogP contribution in [0.4, 0.5) is 5.69 Å². The van der Waals surface area contributed by atoms with E-state index >= 15 is 0 Å². The van der Waals surface area contributed by atoms with Gasteiger partial charge in [-0.3, -0.25) is 0 Å². The maximum Gasteiger partial charge on any atom is 0.184 e. The smallest absolute Gasteiger partial charge is 0.184 e. The van der Waals surface area contributed by atoms with E-state index in [1.165, 1.54) is 12.8 Å². The number of aromatic nitrogens is 4. The third-order valence-corrected chi connectivity index (χ3v) is 4.31. The van der Waals surface area contributed by atoms with Gasteiger partial charge in [-0.05, 0) is 60.2 Å². The van der Waals surface area contributed by atoms with Gasteiger partial charge in [0.25, 0.3) is 0 Å². The Balaban J connectivity index is 1.93. The molecule has 0 unspecified atom stereocenters. The van der Waals surface area contributed by atoms with Crippen LogP contribution in [0.3, 0.4) is 0 Å². The molecule has 106 valence electrons. The van der Waals surface area contributed by atoms with Crippen molar-refractivity contribution in [3.05, 3.63) is 23.2 Å². The normalized spacial score (nSPS) is 22.9. The molecular weight excluding hydrogens is 274 g/mol. The van der Waals surface area contributed by atoms with Crippen LogP contribution in [0, 0.1) is 5.92 Å². The van der Waals surface area contributed by atoms with E-state index < -0.39 is 0 Å². The van der Waals surface area contributed by atoms with Crippen LogP contribution in [-0.2, 0) is 0 Å². The van der Waals surface area contributed by atoms with Gasteiger partial charge in [-0.1, -0.05) is 18.5 Å². The van der Waals surface area contributed by atoms with E-state index in [0.29, 0.717) is 16.8 Å². The molecule has 1 heterocycles. The maximum absolute atomic E-state index is 6.04. The van der Waals surface area contributed by atoms with Crippen LogP contribution in [0.5, 0.6) is 0 Å². The fraction of sp³-hybridized carbons (Fsp3) is 0.500. The van der Waals surface area contributed by atoms with E-state index in [-0.39, 0.29) is 0 Å². The summed E-state index contributed by atoms with van der Waals surface area (Å²) in [7, 11) is 0. The summed E-state index contributed by atoms with van der Waals surface area (Å²) in [6.45, 7) is 2.30. The molecule has 20 heavy (non-hydrogen) atoms. The Morgan fingerprint density at radius 1 is 1.25 bits per heavy atom. The second-order valence-corrected chi connectivity index (χ2v) is 6.03. The number of benzene rings is 1. The van der Waals surface area contributed by atoms with Crippen molar-refractivity contribution in [2.45, 2.75) is 38.6 Å². The Hall–Kier alpha value is -1.62. The Bertz CT molecular complexity index is 601. The fourth-order valence-corrected chi connectivity index (χ4v) is 3.02. The summed E-state index contributed by atoms with van der Waals surface area (Å²) in [6.07, 6.45) is 4.68. The largest absolute Gasteiger partial charge is 0.398 e. The molecule has 5 nitrogen and oxygen atoms in total. The molecule has 2 aromatic rings. The van der Waals surface area contributed by atoms with E-state index in [2.05, 4.69) is 22.4 Å². The van der Waals surface area contributed by atoms with E-state index in [9.17, 15) is 0 Å². The van der Waals surface area contributed by atoms with Crippen LogP contribution < -0.4 is 5.73 Å². The summed E-state index contributed by atoms with van der Waals surface area (Å²) in [6, 6.07) is 5.80. The van der Waals surface area contributed by atoms with Crippen molar-refractivity contribution < 1.29 is 0 Å². The molecule has 1 aromatic carbocycles. The van der Waals surface area contributed by atoms with Gasteiger partial charge in [-0.2, -0.15) is 0 Å². The first-order chi connectivity index (χ1) is 9.65. The fourth-order valence-electron chi connectivity index (χ4n) is 2.84. The predicted molar refractivity (Wildman–Crippen MR) is 79.3 cm³/mol. The maximum atomic E-state index is 6.04. The van der Waals surface area contributed by atoms with Gasteiger partial charge in [0.2, 0.25) is 0 Å². The number of anilines is 1. The highest BCUT2D eigenvalue weighted by atomic mass is 35.5. The summed E-state index contributed by atoms with van der Waals surface area (Å²) < 4.78 is 1.92. The molecule has 0 bridgehead atoms. The van der Waals surface area contributed by atoms with Crippen molar-refractivity contribution in [2.75, 3.05) is 5.73 Å². The molecule has 1 aromatic heterocycles. The minimum Gasteiger partial charge on any atom is -0.398 e. The molecular formula is C14H18ClN5. The number of tetrazole rings is 1. The highest BCUT2D eigenvalue weighted by molar-refractivity contribution is 6.31. The predicted octanol–water partition coefficient (Wildman–Crippen LogP) is 3.33. The third kappa shape index (κ3) is 2.50. The SMILES string of the molecule is CC1CCC(n2nnnc2-c2ccc(Cl)cc2N)CC1. The lowest BCUT2D eigenvalue weighted by molar-refractivity contribution is 0.272. The molecule has 2 N–H and O–H groups in total. The number of hydrogen-bond donors (Lipinski definition) is 1. The van der Waals surface area contributed by atoms with Crippen LogP contribution in [0.15, 0.2) is 18.2 Å². The molecule has 0 radical (unpaired) electrons. The Morgan fingerprint density at radius 3 is 2.70 bits per heavy atom. The van der Waals surface area contributed by atoms with Gasteiger partial charge in [0, 0.05) is 16.3 Å². The Kier molecular flexibility index (Phi) is 3.61. The zero-order valence-corrected chi connectivity index (χ0v) is 12.2. The van der Waals surface area contributed by atoms with Gasteiger partial charge in [-0.15, -0.1) is 5.10 Å². The van der Waals surface area contributed by atoms with Crippen LogP contribution >= 0.6 is 11.6 Å². The van der Waals surface area contributed by atoms with Crippen molar-refractivity contribution in [3.63, 3.8) is 0 Å². The molecule has 0 aliphatic heterocycles. The van der Waals surface area contributed by atoms with Crippen LogP contribution in [0.2, 0.25) is 5.02 Å². The molecule has 1 fully saturated rings. The highest BCUT2D eigenvalue weighted by Crippen LogP contribution is 2.34. The van der Waals surface area contributed by atoms with E-state index in [4.69, 9.17) is 17.3 Å². The summed E-state index contributed by atoms with van der Waals surface area (Å²) >= 11 is 5.94. The number of nitrogens with zero attached hydrogens (tertiary/aromatic N) is 4. The lowest BCUT2D eigenvalue weighted by atomic mass is 9.87. The Morgan fingerprint density at radius 2 is 2.00 bits per heavy atom. The topological polar surface area (TPSA) is 69.6 Å². The molecule has 1 aliphatic carbocycles. The number of nitrogens with two attached hydrogens (primary N) is 1. The first-order valence-electron chi connectivity index (χ1n) is 6.98. The molecule has 1 aliphatic rings. The first kappa shape index (κ1) is 13.4. The van der Waals surface area contributed by atoms with Gasteiger partial charge in [-0.25, -0.2) is 4.68 Å². The quantitative estimate of drug-likeness (QED) is 0.862. The van der Waals surface area contributed by atoms with Crippen molar-refractivity contribution >= 4 is 17.3 Å². The van der Waals surface area contributed by atoms with E-state index in [1.54, 1.807) is 6.07 Å². The second kappa shape index (κ2) is 5.40. The lowest BCUT2D eigenvalue weighted by Gasteiger charge is -2.26. The van der Waals surface area contributed by atoms with E-state index in [1.807, 2.05) is 16.8 Å². The highest BCUT2D eigenvalue weighted by Gasteiger charge is 2.24. The average molecular weight is 292 g/mol. The van der Waals surface area contributed by atoms with Crippen molar-refractivity contribution in [1.29, 1.82) is 0 Å². The van der Waals surface area contributed by atoms with Crippen LogP contribution in [0.1, 0.15) is 38.6 Å². The Labute approximate surface area is 123 Å². The van der Waals surface area contributed by atoms with Gasteiger partial charge >= 0.3 is 0 Å². The molecule has 0 saturated heterocycles. The van der Waals surface area contributed by atoms with Gasteiger partial charge in [0.05, 0.1) is 6.04 Å². The van der Waals surface area contributed by atoms with Crippen molar-refractivity contribution in [1.82, 2.24) is 20.2 Å². The minimum absolute atomic E-state index is 0.367. The van der Waals surface area contributed by atoms with Gasteiger partial charge in [0.15, 0.2) is 5.82 Å². The number of nitrogen functional groups attached to an aromatic ring is 1. The summed E-state index contributed by atoms with van der Waals surface area (Å²) in [4.78, 5) is 0. The summed E-state index contributed by atoms with van der Waals surface area (Å²) in [5, 5.41) is 12.8. The zero-order chi connectivity index (χ0) is 14.1. The van der Waals surface area contributed by atoms with Crippen LogP contribution in [0.25, 0.3) is 11.4 Å². The second-order valence-electron chi connectivity index (χ2n) is 5.59. The number of halogens is 1. The van der Waals surface area contributed by atoms with Crippen molar-refractivity contribution in [2.24, 2.45) is 5.92 Å². The molecule has 0 amide bonds. The van der Waals surface area contributed by atoms with Crippen molar-refractivity contribution in [3.8, 4) is 11.4 Å². The van der Waals surface area contributed by atoms with Gasteiger partial charge < -0.3 is 5.73 Å².